The number of aromatic nitrogens is 2. The van der Waals surface area contributed by atoms with Crippen LogP contribution in [0.1, 0.15) is 43.8 Å². The van der Waals surface area contributed by atoms with Gasteiger partial charge in [0.05, 0.1) is 5.69 Å². The van der Waals surface area contributed by atoms with Crippen LogP contribution in [0.3, 0.4) is 0 Å². The summed E-state index contributed by atoms with van der Waals surface area (Å²) in [5.41, 5.74) is 4.76. The molecule has 1 atom stereocenters. The predicted octanol–water partition coefficient (Wildman–Crippen LogP) is 6.40. The van der Waals surface area contributed by atoms with Gasteiger partial charge in [-0.15, -0.1) is 0 Å². The summed E-state index contributed by atoms with van der Waals surface area (Å²) in [5, 5.41) is 12.6. The van der Waals surface area contributed by atoms with Crippen LogP contribution in [0, 0.1) is 6.92 Å². The second-order valence-corrected chi connectivity index (χ2v) is 12.6. The lowest BCUT2D eigenvalue weighted by molar-refractivity contribution is -0.117. The summed E-state index contributed by atoms with van der Waals surface area (Å²) < 4.78 is 32.4. The summed E-state index contributed by atoms with van der Waals surface area (Å²) in [6.07, 6.45) is 0. The molecule has 0 aliphatic carbocycles. The maximum absolute atomic E-state index is 13.9. The normalized spacial score (nSPS) is 12.5. The van der Waals surface area contributed by atoms with Crippen LogP contribution in [0.2, 0.25) is 0 Å². The van der Waals surface area contributed by atoms with Gasteiger partial charge in [-0.3, -0.25) is 4.79 Å². The Hall–Kier alpha value is -4.80. The second-order valence-electron chi connectivity index (χ2n) is 11.2. The third-order valence-corrected chi connectivity index (χ3v) is 7.93. The molecule has 5 aromatic rings. The third-order valence-electron chi connectivity index (χ3n) is 6.96. The summed E-state index contributed by atoms with van der Waals surface area (Å²) in [6, 6.07) is 29.4. The van der Waals surface area contributed by atoms with Crippen LogP contribution in [0.4, 0.5) is 11.4 Å². The van der Waals surface area contributed by atoms with E-state index in [9.17, 15) is 13.2 Å². The first-order valence-electron chi connectivity index (χ1n) is 13.7. The SMILES string of the molecule is Cc1nc(-c2cccc(NC(=O)C(c3ccccc3)N(c3ccc(-c4ccccc4C(C)(C)C)cc3)S(N)(=O)=O)c2)no1. The number of aryl methyl sites for hydroxylation is 1. The standard InChI is InChI=1S/C33H33N5O4S/c1-22-35-31(37-42-22)25-13-10-14-26(21-25)36-32(39)30(24-11-6-5-7-12-24)38(43(34,40)41)27-19-17-23(18-20-27)28-15-8-9-16-29(28)33(2,3)4/h5-21,30H,1-4H3,(H,36,39)(H2,34,40,41). The Balaban J connectivity index is 1.54. The van der Waals surface area contributed by atoms with E-state index in [0.29, 0.717) is 28.5 Å². The van der Waals surface area contributed by atoms with Crippen molar-refractivity contribution >= 4 is 27.5 Å². The number of hydrogen-bond donors (Lipinski definition) is 2. The van der Waals surface area contributed by atoms with E-state index in [2.05, 4.69) is 42.3 Å². The van der Waals surface area contributed by atoms with Crippen molar-refractivity contribution in [3.8, 4) is 22.5 Å². The smallest absolute Gasteiger partial charge is 0.300 e. The van der Waals surface area contributed by atoms with Gasteiger partial charge in [-0.25, -0.2) is 9.44 Å². The summed E-state index contributed by atoms with van der Waals surface area (Å²) in [7, 11) is -4.42. The molecule has 9 nitrogen and oxygen atoms in total. The maximum atomic E-state index is 13.9. The fourth-order valence-electron chi connectivity index (χ4n) is 5.01. The molecule has 10 heteroatoms. The summed E-state index contributed by atoms with van der Waals surface area (Å²) in [6.45, 7) is 8.12. The molecule has 0 aliphatic rings. The predicted molar refractivity (Wildman–Crippen MR) is 168 cm³/mol. The van der Waals surface area contributed by atoms with Crippen molar-refractivity contribution in [2.45, 2.75) is 39.2 Å². The zero-order valence-corrected chi connectivity index (χ0v) is 25.2. The topological polar surface area (TPSA) is 131 Å². The highest BCUT2D eigenvalue weighted by Crippen LogP contribution is 2.36. The van der Waals surface area contributed by atoms with Crippen LogP contribution >= 0.6 is 0 Å². The lowest BCUT2D eigenvalue weighted by Crippen LogP contribution is -2.44. The monoisotopic (exact) mass is 595 g/mol. The molecule has 5 rings (SSSR count). The number of rotatable bonds is 8. The van der Waals surface area contributed by atoms with Crippen LogP contribution in [-0.2, 0) is 20.4 Å². The van der Waals surface area contributed by atoms with Crippen molar-refractivity contribution in [1.82, 2.24) is 10.1 Å². The summed E-state index contributed by atoms with van der Waals surface area (Å²) >= 11 is 0. The molecule has 0 saturated carbocycles. The second kappa shape index (κ2) is 11.8. The molecule has 1 amide bonds. The van der Waals surface area contributed by atoms with Crippen LogP contribution in [0.25, 0.3) is 22.5 Å². The zero-order chi connectivity index (χ0) is 30.8. The Bertz CT molecular complexity index is 1850. The van der Waals surface area contributed by atoms with E-state index in [1.54, 1.807) is 73.7 Å². The fourth-order valence-corrected chi connectivity index (χ4v) is 5.94. The van der Waals surface area contributed by atoms with Gasteiger partial charge in [-0.2, -0.15) is 13.4 Å². The van der Waals surface area contributed by atoms with Gasteiger partial charge in [-0.05, 0) is 51.9 Å². The Morgan fingerprint density at radius 1 is 0.884 bits per heavy atom. The van der Waals surface area contributed by atoms with E-state index in [0.717, 1.165) is 21.0 Å². The van der Waals surface area contributed by atoms with Crippen LogP contribution in [0.15, 0.2) is 108 Å². The lowest BCUT2D eigenvalue weighted by atomic mass is 9.82. The van der Waals surface area contributed by atoms with Gasteiger partial charge < -0.3 is 9.84 Å². The Morgan fingerprint density at radius 2 is 1.56 bits per heavy atom. The molecule has 1 unspecified atom stereocenters. The van der Waals surface area contributed by atoms with Crippen LogP contribution in [0.5, 0.6) is 0 Å². The van der Waals surface area contributed by atoms with Gasteiger partial charge >= 0.3 is 0 Å². The largest absolute Gasteiger partial charge is 0.339 e. The molecule has 0 radical (unpaired) electrons. The number of anilines is 2. The molecular formula is C33H33N5O4S. The Labute approximate surface area is 251 Å². The van der Waals surface area contributed by atoms with Crippen molar-refractivity contribution in [3.63, 3.8) is 0 Å². The van der Waals surface area contributed by atoms with Crippen molar-refractivity contribution in [2.24, 2.45) is 5.14 Å². The van der Waals surface area contributed by atoms with Crippen molar-refractivity contribution in [2.75, 3.05) is 9.62 Å². The summed E-state index contributed by atoms with van der Waals surface area (Å²) in [5.74, 6) is 0.182. The molecule has 1 heterocycles. The van der Waals surface area contributed by atoms with E-state index in [-0.39, 0.29) is 11.1 Å². The van der Waals surface area contributed by atoms with Gasteiger partial charge in [0.1, 0.15) is 0 Å². The molecule has 220 valence electrons. The molecule has 1 aromatic heterocycles. The third kappa shape index (κ3) is 6.66. The Morgan fingerprint density at radius 3 is 2.19 bits per heavy atom. The van der Waals surface area contributed by atoms with E-state index in [1.807, 2.05) is 30.3 Å². The molecule has 4 aromatic carbocycles. The number of amides is 1. The van der Waals surface area contributed by atoms with Gasteiger partial charge in [0, 0.05) is 18.2 Å². The van der Waals surface area contributed by atoms with Crippen molar-refractivity contribution < 1.29 is 17.7 Å². The van der Waals surface area contributed by atoms with Crippen LogP contribution in [-0.4, -0.2) is 24.5 Å². The van der Waals surface area contributed by atoms with Gasteiger partial charge in [0.15, 0.2) is 6.04 Å². The van der Waals surface area contributed by atoms with E-state index >= 15 is 0 Å². The number of carbonyl (C=O) groups excluding carboxylic acids is 1. The first kappa shape index (κ1) is 29.7. The van der Waals surface area contributed by atoms with Crippen molar-refractivity contribution in [1.29, 1.82) is 0 Å². The lowest BCUT2D eigenvalue weighted by Gasteiger charge is -2.31. The van der Waals surface area contributed by atoms with Crippen LogP contribution < -0.4 is 14.8 Å². The van der Waals surface area contributed by atoms with E-state index in [4.69, 9.17) is 9.66 Å². The number of benzene rings is 4. The number of nitrogens with one attached hydrogen (secondary N) is 1. The first-order valence-corrected chi connectivity index (χ1v) is 15.2. The van der Waals surface area contributed by atoms with Gasteiger partial charge in [0.2, 0.25) is 11.7 Å². The number of carbonyl (C=O) groups is 1. The average molecular weight is 596 g/mol. The molecule has 0 bridgehead atoms. The molecular weight excluding hydrogens is 562 g/mol. The van der Waals surface area contributed by atoms with E-state index in [1.165, 1.54) is 0 Å². The maximum Gasteiger partial charge on any atom is 0.300 e. The minimum atomic E-state index is -4.42. The summed E-state index contributed by atoms with van der Waals surface area (Å²) in [4.78, 5) is 18.2. The van der Waals surface area contributed by atoms with Crippen molar-refractivity contribution in [3.05, 3.63) is 120 Å². The minimum absolute atomic E-state index is 0.0989. The molecule has 0 aliphatic heterocycles. The zero-order valence-electron chi connectivity index (χ0n) is 24.4. The fraction of sp³-hybridized carbons (Fsp3) is 0.182. The van der Waals surface area contributed by atoms with Gasteiger partial charge in [0.25, 0.3) is 16.1 Å². The average Bonchev–Trinajstić information content (AvgIpc) is 3.42. The van der Waals surface area contributed by atoms with E-state index < -0.39 is 22.2 Å². The highest BCUT2D eigenvalue weighted by Gasteiger charge is 2.35. The number of hydrogen-bond acceptors (Lipinski definition) is 6. The molecule has 0 saturated heterocycles. The first-order chi connectivity index (χ1) is 20.4. The highest BCUT2D eigenvalue weighted by atomic mass is 32.2. The molecule has 43 heavy (non-hydrogen) atoms. The Kier molecular flexibility index (Phi) is 8.16. The van der Waals surface area contributed by atoms with Gasteiger partial charge in [-0.1, -0.05) is 105 Å². The minimum Gasteiger partial charge on any atom is -0.339 e. The molecule has 3 N–H and O–H groups in total. The highest BCUT2D eigenvalue weighted by molar-refractivity contribution is 7.90. The molecule has 0 spiro atoms. The molecule has 0 fully saturated rings. The number of nitrogens with zero attached hydrogens (tertiary/aromatic N) is 3. The number of nitrogens with two attached hydrogens (primary N) is 1. The quantitative estimate of drug-likeness (QED) is 0.213.